The van der Waals surface area contributed by atoms with Gasteiger partial charge in [-0.25, -0.2) is 9.97 Å². The minimum atomic E-state index is -0.0785. The second-order valence-corrected chi connectivity index (χ2v) is 15.8. The molecule has 0 aliphatic heterocycles. The third kappa shape index (κ3) is 5.48. The lowest BCUT2D eigenvalue weighted by Crippen LogP contribution is -2.14. The molecule has 0 saturated heterocycles. The highest BCUT2D eigenvalue weighted by molar-refractivity contribution is 6.05. The van der Waals surface area contributed by atoms with E-state index in [1.807, 2.05) is 0 Å². The van der Waals surface area contributed by atoms with Crippen LogP contribution in [-0.2, 0) is 5.41 Å². The van der Waals surface area contributed by atoms with E-state index in [0.29, 0.717) is 5.82 Å². The highest BCUT2D eigenvalue weighted by Gasteiger charge is 2.36. The van der Waals surface area contributed by atoms with Gasteiger partial charge < -0.3 is 0 Å². The highest BCUT2D eigenvalue weighted by Crippen LogP contribution is 2.51. The Balaban J connectivity index is 1.07. The highest BCUT2D eigenvalue weighted by atomic mass is 14.9. The Morgan fingerprint density at radius 1 is 0.316 bits per heavy atom. The van der Waals surface area contributed by atoms with Crippen LogP contribution in [-0.4, -0.2) is 9.97 Å². The Labute approximate surface area is 332 Å². The summed E-state index contributed by atoms with van der Waals surface area (Å²) >= 11 is 0. The van der Waals surface area contributed by atoms with E-state index in [4.69, 9.17) is 9.97 Å². The van der Waals surface area contributed by atoms with E-state index in [1.54, 1.807) is 0 Å². The molecule has 2 heteroatoms. The maximum Gasteiger partial charge on any atom is 0.161 e. The zero-order valence-corrected chi connectivity index (χ0v) is 31.9. The van der Waals surface area contributed by atoms with Crippen LogP contribution in [0.3, 0.4) is 0 Å². The summed E-state index contributed by atoms with van der Waals surface area (Å²) in [6, 6.07) is 70.2. The van der Waals surface area contributed by atoms with Gasteiger partial charge in [-0.15, -0.1) is 0 Å². The van der Waals surface area contributed by atoms with Crippen LogP contribution in [0.4, 0.5) is 0 Å². The maximum absolute atomic E-state index is 5.40. The summed E-state index contributed by atoms with van der Waals surface area (Å²) in [5.74, 6) is 0.707. The molecule has 0 atom stereocenters. The topological polar surface area (TPSA) is 25.8 Å². The first-order valence-corrected chi connectivity index (χ1v) is 19.7. The molecule has 1 aliphatic rings. The van der Waals surface area contributed by atoms with E-state index < -0.39 is 0 Å². The third-order valence-corrected chi connectivity index (χ3v) is 12.1. The average Bonchev–Trinajstić information content (AvgIpc) is 3.49. The number of hydrogen-bond acceptors (Lipinski definition) is 2. The van der Waals surface area contributed by atoms with Gasteiger partial charge >= 0.3 is 0 Å². The van der Waals surface area contributed by atoms with E-state index in [-0.39, 0.29) is 5.41 Å². The first-order valence-electron chi connectivity index (χ1n) is 19.7. The van der Waals surface area contributed by atoms with Gasteiger partial charge in [-0.3, -0.25) is 0 Å². The molecular weight excluding hydrogens is 689 g/mol. The molecule has 268 valence electrons. The molecule has 11 rings (SSSR count). The summed E-state index contributed by atoms with van der Waals surface area (Å²) in [6.45, 7) is 4.71. The van der Waals surface area contributed by atoms with Crippen LogP contribution in [0.2, 0.25) is 0 Å². The van der Waals surface area contributed by atoms with E-state index in [0.717, 1.165) is 44.6 Å². The molecule has 0 saturated carbocycles. The molecule has 0 N–H and O–H groups in total. The van der Waals surface area contributed by atoms with Crippen molar-refractivity contribution in [3.8, 4) is 67.3 Å². The quantitative estimate of drug-likeness (QED) is 0.176. The Kier molecular flexibility index (Phi) is 7.55. The molecule has 0 fully saturated rings. The second kappa shape index (κ2) is 13.0. The van der Waals surface area contributed by atoms with Crippen LogP contribution in [0, 0.1) is 0 Å². The Morgan fingerprint density at radius 3 is 1.67 bits per heavy atom. The fourth-order valence-corrected chi connectivity index (χ4v) is 9.13. The number of rotatable bonds is 5. The fraction of sp³-hybridized carbons (Fsp3) is 0.0545. The lowest BCUT2D eigenvalue weighted by molar-refractivity contribution is 0.661. The van der Waals surface area contributed by atoms with Gasteiger partial charge in [0.25, 0.3) is 0 Å². The number of aromatic nitrogens is 2. The molecule has 10 aromatic rings. The van der Waals surface area contributed by atoms with Crippen LogP contribution >= 0.6 is 0 Å². The van der Waals surface area contributed by atoms with Gasteiger partial charge in [-0.05, 0) is 113 Å². The van der Waals surface area contributed by atoms with Crippen LogP contribution in [0.25, 0.3) is 99.6 Å². The zero-order chi connectivity index (χ0) is 38.1. The summed E-state index contributed by atoms with van der Waals surface area (Å²) in [4.78, 5) is 10.7. The normalized spacial score (nSPS) is 12.9. The monoisotopic (exact) mass is 726 g/mol. The van der Waals surface area contributed by atoms with Gasteiger partial charge in [-0.1, -0.05) is 172 Å². The van der Waals surface area contributed by atoms with Gasteiger partial charge in [0.2, 0.25) is 0 Å². The molecule has 9 aromatic carbocycles. The van der Waals surface area contributed by atoms with Crippen molar-refractivity contribution in [3.05, 3.63) is 205 Å². The zero-order valence-electron chi connectivity index (χ0n) is 31.9. The largest absolute Gasteiger partial charge is 0.228 e. The minimum Gasteiger partial charge on any atom is -0.228 e. The van der Waals surface area contributed by atoms with Crippen molar-refractivity contribution in [2.75, 3.05) is 0 Å². The van der Waals surface area contributed by atoms with Crippen molar-refractivity contribution in [2.45, 2.75) is 19.3 Å². The molecule has 0 radical (unpaired) electrons. The molecule has 1 heterocycles. The predicted octanol–water partition coefficient (Wildman–Crippen LogP) is 14.6. The van der Waals surface area contributed by atoms with Crippen molar-refractivity contribution in [2.24, 2.45) is 0 Å². The first-order chi connectivity index (χ1) is 28.0. The van der Waals surface area contributed by atoms with Crippen LogP contribution in [0.15, 0.2) is 194 Å². The summed E-state index contributed by atoms with van der Waals surface area (Å²) in [6.07, 6.45) is 0. The van der Waals surface area contributed by atoms with Gasteiger partial charge in [-0.2, -0.15) is 0 Å². The molecule has 0 amide bonds. The van der Waals surface area contributed by atoms with Gasteiger partial charge in [0, 0.05) is 22.1 Å². The number of benzene rings is 9. The van der Waals surface area contributed by atoms with Gasteiger partial charge in [0.15, 0.2) is 5.82 Å². The molecule has 1 aromatic heterocycles. The van der Waals surface area contributed by atoms with E-state index in [2.05, 4.69) is 208 Å². The van der Waals surface area contributed by atoms with Crippen molar-refractivity contribution in [1.82, 2.24) is 9.97 Å². The van der Waals surface area contributed by atoms with Crippen molar-refractivity contribution < 1.29 is 0 Å². The Hall–Kier alpha value is -7.16. The van der Waals surface area contributed by atoms with Crippen LogP contribution in [0.5, 0.6) is 0 Å². The molecule has 0 spiro atoms. The fourth-order valence-electron chi connectivity index (χ4n) is 9.13. The number of nitrogens with zero attached hydrogens (tertiary/aromatic N) is 2. The van der Waals surface area contributed by atoms with E-state index in [1.165, 1.54) is 60.3 Å². The second-order valence-electron chi connectivity index (χ2n) is 15.8. The molecule has 0 bridgehead atoms. The number of fused-ring (bicyclic) bond motifs is 6. The SMILES string of the molecule is CC1(C)c2ccc(-c3ccc(-c4nc(-c5ccccc5)cc(-c5ccccc5-c5ccc6ccccc6c5)n4)c4ccccc34)cc2-c2cc3ccccc3cc21. The minimum absolute atomic E-state index is 0.0785. The summed E-state index contributed by atoms with van der Waals surface area (Å²) in [5, 5.41) is 7.32. The smallest absolute Gasteiger partial charge is 0.161 e. The molecule has 1 aliphatic carbocycles. The Morgan fingerprint density at radius 2 is 0.877 bits per heavy atom. The first kappa shape index (κ1) is 33.2. The number of hydrogen-bond donors (Lipinski definition) is 0. The molecular formula is C55H38N2. The van der Waals surface area contributed by atoms with Crippen LogP contribution < -0.4 is 0 Å². The van der Waals surface area contributed by atoms with Crippen molar-refractivity contribution in [1.29, 1.82) is 0 Å². The van der Waals surface area contributed by atoms with E-state index in [9.17, 15) is 0 Å². The summed E-state index contributed by atoms with van der Waals surface area (Å²) < 4.78 is 0. The standard InChI is InChI=1S/C55H38N2/c1-55(2)50-29-26-41(32-48(50)49-31-38-18-8-9-19-39(38)33-51(49)55)43-27-28-47(45-22-12-11-21-44(43)45)54-56-52(36-15-4-3-5-16-36)34-53(57-54)46-23-13-10-20-42(46)40-25-24-35-14-6-7-17-37(35)30-40/h3-34H,1-2H3. The Bertz CT molecular complexity index is 3210. The van der Waals surface area contributed by atoms with Crippen LogP contribution in [0.1, 0.15) is 25.0 Å². The van der Waals surface area contributed by atoms with Gasteiger partial charge in [0.1, 0.15) is 0 Å². The van der Waals surface area contributed by atoms with Gasteiger partial charge in [0.05, 0.1) is 11.4 Å². The molecule has 2 nitrogen and oxygen atoms in total. The summed E-state index contributed by atoms with van der Waals surface area (Å²) in [7, 11) is 0. The lowest BCUT2D eigenvalue weighted by Gasteiger charge is -2.22. The van der Waals surface area contributed by atoms with E-state index >= 15 is 0 Å². The average molecular weight is 727 g/mol. The predicted molar refractivity (Wildman–Crippen MR) is 239 cm³/mol. The molecule has 57 heavy (non-hydrogen) atoms. The third-order valence-electron chi connectivity index (χ3n) is 12.1. The summed E-state index contributed by atoms with van der Waals surface area (Å²) in [5.41, 5.74) is 15.0. The molecule has 0 unspecified atom stereocenters. The van der Waals surface area contributed by atoms with Crippen molar-refractivity contribution in [3.63, 3.8) is 0 Å². The maximum atomic E-state index is 5.40. The van der Waals surface area contributed by atoms with Crippen molar-refractivity contribution >= 4 is 32.3 Å². The lowest BCUT2D eigenvalue weighted by atomic mass is 9.81.